The standard InChI is InChI=1S/C26H22N4O7/c27-25(28)29-17-8-6-16(7-9-17)23(33)36-18-10-11-19(15-4-2-1-3-5-15)20(12-18)21-13-26(24(34)35,37-30-21)14-22(31)32/h1-12H,13-14H2,(H,31,32)(H,34,35)(H4,27,28,29). The zero-order valence-electron chi connectivity index (χ0n) is 19.3. The Bertz CT molecular complexity index is 1400. The van der Waals surface area contributed by atoms with Gasteiger partial charge in [0.05, 0.1) is 17.7 Å². The third-order valence-electron chi connectivity index (χ3n) is 5.61. The van der Waals surface area contributed by atoms with Gasteiger partial charge < -0.3 is 30.8 Å². The number of oxime groups is 1. The fourth-order valence-corrected chi connectivity index (χ4v) is 3.86. The minimum absolute atomic E-state index is 0.166. The lowest BCUT2D eigenvalue weighted by atomic mass is 9.88. The van der Waals surface area contributed by atoms with Gasteiger partial charge in [0.2, 0.25) is 5.60 Å². The Labute approximate surface area is 210 Å². The molecule has 0 aliphatic carbocycles. The van der Waals surface area contributed by atoms with Gasteiger partial charge in [0.1, 0.15) is 5.75 Å². The SMILES string of the molecule is N=C(N)Nc1ccc(C(=O)Oc2ccc(-c3ccccc3)c(C3=NOC(CC(=O)O)(C(=O)O)C3)c2)cc1. The van der Waals surface area contributed by atoms with Crippen LogP contribution in [0.3, 0.4) is 0 Å². The summed E-state index contributed by atoms with van der Waals surface area (Å²) in [6.45, 7) is 0. The molecule has 0 amide bonds. The predicted octanol–water partition coefficient (Wildman–Crippen LogP) is 3.30. The van der Waals surface area contributed by atoms with Gasteiger partial charge in [0, 0.05) is 17.7 Å². The van der Waals surface area contributed by atoms with Crippen LogP contribution in [0.5, 0.6) is 5.75 Å². The van der Waals surface area contributed by atoms with Crippen molar-refractivity contribution in [3.05, 3.63) is 83.9 Å². The highest BCUT2D eigenvalue weighted by Gasteiger charge is 2.49. The minimum Gasteiger partial charge on any atom is -0.481 e. The van der Waals surface area contributed by atoms with E-state index >= 15 is 0 Å². The van der Waals surface area contributed by atoms with Gasteiger partial charge in [-0.15, -0.1) is 0 Å². The number of rotatable bonds is 8. The quantitative estimate of drug-likeness (QED) is 0.133. The Balaban J connectivity index is 1.65. The van der Waals surface area contributed by atoms with Crippen LogP contribution >= 0.6 is 0 Å². The van der Waals surface area contributed by atoms with Crippen molar-refractivity contribution < 1.29 is 34.2 Å². The molecule has 0 fully saturated rings. The molecule has 1 atom stereocenters. The maximum Gasteiger partial charge on any atom is 0.351 e. The Morgan fingerprint density at radius 1 is 1.03 bits per heavy atom. The number of nitrogens with zero attached hydrogens (tertiary/aromatic N) is 1. The third-order valence-corrected chi connectivity index (χ3v) is 5.61. The van der Waals surface area contributed by atoms with Crippen molar-refractivity contribution in [1.29, 1.82) is 5.41 Å². The van der Waals surface area contributed by atoms with Gasteiger partial charge in [0.25, 0.3) is 0 Å². The van der Waals surface area contributed by atoms with Crippen molar-refractivity contribution in [2.24, 2.45) is 10.9 Å². The molecule has 0 spiro atoms. The second-order valence-electron chi connectivity index (χ2n) is 8.25. The van der Waals surface area contributed by atoms with Crippen molar-refractivity contribution in [3.8, 4) is 16.9 Å². The van der Waals surface area contributed by atoms with Crippen LogP contribution in [0, 0.1) is 5.41 Å². The lowest BCUT2D eigenvalue weighted by Gasteiger charge is -2.19. The van der Waals surface area contributed by atoms with E-state index in [1.54, 1.807) is 24.3 Å². The molecule has 11 heteroatoms. The molecule has 1 aliphatic heterocycles. The van der Waals surface area contributed by atoms with E-state index in [-0.39, 0.29) is 29.4 Å². The second kappa shape index (κ2) is 10.2. The van der Waals surface area contributed by atoms with E-state index in [9.17, 15) is 24.6 Å². The highest BCUT2D eigenvalue weighted by molar-refractivity contribution is 6.09. The molecule has 0 aromatic heterocycles. The van der Waals surface area contributed by atoms with E-state index in [0.29, 0.717) is 16.8 Å². The van der Waals surface area contributed by atoms with Gasteiger partial charge in [-0.05, 0) is 47.5 Å². The molecule has 11 nitrogen and oxygen atoms in total. The molecule has 37 heavy (non-hydrogen) atoms. The van der Waals surface area contributed by atoms with Crippen LogP contribution in [-0.4, -0.2) is 45.4 Å². The van der Waals surface area contributed by atoms with Crippen molar-refractivity contribution in [1.82, 2.24) is 0 Å². The van der Waals surface area contributed by atoms with Crippen molar-refractivity contribution in [2.45, 2.75) is 18.4 Å². The molecule has 0 saturated carbocycles. The number of benzene rings is 3. The van der Waals surface area contributed by atoms with Gasteiger partial charge in [-0.3, -0.25) is 10.2 Å². The molecule has 1 heterocycles. The number of carbonyl (C=O) groups excluding carboxylic acids is 1. The van der Waals surface area contributed by atoms with E-state index < -0.39 is 29.9 Å². The predicted molar refractivity (Wildman–Crippen MR) is 134 cm³/mol. The molecule has 188 valence electrons. The summed E-state index contributed by atoms with van der Waals surface area (Å²) in [5.74, 6) is -3.51. The molecule has 0 saturated heterocycles. The van der Waals surface area contributed by atoms with Gasteiger partial charge in [-0.1, -0.05) is 41.6 Å². The Morgan fingerprint density at radius 2 is 1.73 bits per heavy atom. The molecular formula is C26H22N4O7. The van der Waals surface area contributed by atoms with Crippen molar-refractivity contribution in [3.63, 3.8) is 0 Å². The summed E-state index contributed by atoms with van der Waals surface area (Å²) in [6, 6.07) is 20.2. The number of nitrogens with two attached hydrogens (primary N) is 1. The highest BCUT2D eigenvalue weighted by atomic mass is 16.7. The fourth-order valence-electron chi connectivity index (χ4n) is 3.86. The second-order valence-corrected chi connectivity index (χ2v) is 8.25. The maximum absolute atomic E-state index is 12.7. The van der Waals surface area contributed by atoms with Crippen LogP contribution in [0.15, 0.2) is 78.0 Å². The molecular weight excluding hydrogens is 480 g/mol. The van der Waals surface area contributed by atoms with E-state index in [1.807, 2.05) is 30.3 Å². The summed E-state index contributed by atoms with van der Waals surface area (Å²) in [5, 5.41) is 32.7. The van der Waals surface area contributed by atoms with Gasteiger partial charge in [0.15, 0.2) is 5.96 Å². The highest BCUT2D eigenvalue weighted by Crippen LogP contribution is 2.36. The Kier molecular flexibility index (Phi) is 6.87. The summed E-state index contributed by atoms with van der Waals surface area (Å²) in [4.78, 5) is 41.1. The molecule has 6 N–H and O–H groups in total. The van der Waals surface area contributed by atoms with Crippen LogP contribution in [0.25, 0.3) is 11.1 Å². The van der Waals surface area contributed by atoms with E-state index in [2.05, 4.69) is 10.5 Å². The van der Waals surface area contributed by atoms with Crippen molar-refractivity contribution >= 4 is 35.3 Å². The van der Waals surface area contributed by atoms with Gasteiger partial charge in [-0.25, -0.2) is 9.59 Å². The lowest BCUT2D eigenvalue weighted by Crippen LogP contribution is -2.41. The molecule has 0 radical (unpaired) electrons. The fraction of sp³-hybridized carbons (Fsp3) is 0.115. The first kappa shape index (κ1) is 24.9. The van der Waals surface area contributed by atoms with Crippen LogP contribution in [0.1, 0.15) is 28.8 Å². The number of carboxylic acids is 2. The Morgan fingerprint density at radius 3 is 2.35 bits per heavy atom. The van der Waals surface area contributed by atoms with Crippen LogP contribution in [0.4, 0.5) is 5.69 Å². The molecule has 1 aliphatic rings. The number of carboxylic acid groups (broad SMARTS) is 2. The first-order chi connectivity index (χ1) is 17.7. The smallest absolute Gasteiger partial charge is 0.351 e. The maximum atomic E-state index is 12.7. The summed E-state index contributed by atoms with van der Waals surface area (Å²) in [7, 11) is 0. The average Bonchev–Trinajstić information content (AvgIpc) is 3.29. The first-order valence-electron chi connectivity index (χ1n) is 11.0. The van der Waals surface area contributed by atoms with E-state index in [4.69, 9.17) is 20.7 Å². The number of ether oxygens (including phenoxy) is 1. The van der Waals surface area contributed by atoms with Gasteiger partial charge in [-0.2, -0.15) is 0 Å². The third kappa shape index (κ3) is 5.56. The number of hydrogen-bond acceptors (Lipinski definition) is 7. The van der Waals surface area contributed by atoms with Crippen LogP contribution in [0.2, 0.25) is 0 Å². The minimum atomic E-state index is -2.04. The van der Waals surface area contributed by atoms with Crippen LogP contribution in [-0.2, 0) is 14.4 Å². The normalized spacial score (nSPS) is 16.3. The molecule has 0 bridgehead atoms. The van der Waals surface area contributed by atoms with E-state index in [0.717, 1.165) is 5.56 Å². The number of anilines is 1. The first-order valence-corrected chi connectivity index (χ1v) is 11.0. The van der Waals surface area contributed by atoms with Crippen molar-refractivity contribution in [2.75, 3.05) is 5.32 Å². The topological polar surface area (TPSA) is 184 Å². The summed E-state index contributed by atoms with van der Waals surface area (Å²) >= 11 is 0. The molecule has 3 aromatic carbocycles. The summed E-state index contributed by atoms with van der Waals surface area (Å²) in [5.41, 5.74) is 6.13. The number of aliphatic carboxylic acids is 2. The summed E-state index contributed by atoms with van der Waals surface area (Å²) < 4.78 is 5.54. The summed E-state index contributed by atoms with van der Waals surface area (Å²) in [6.07, 6.45) is -1.07. The van der Waals surface area contributed by atoms with E-state index in [1.165, 1.54) is 18.2 Å². The average molecular weight is 502 g/mol. The zero-order valence-corrected chi connectivity index (χ0v) is 19.3. The molecule has 4 rings (SSSR count). The number of esters is 1. The number of nitrogens with one attached hydrogen (secondary N) is 2. The molecule has 1 unspecified atom stereocenters. The molecule has 3 aromatic rings. The lowest BCUT2D eigenvalue weighted by molar-refractivity contribution is -0.169. The Hall–Kier alpha value is -5.19. The van der Waals surface area contributed by atoms with Gasteiger partial charge >= 0.3 is 17.9 Å². The number of guanidine groups is 1. The number of hydrogen-bond donors (Lipinski definition) is 5. The monoisotopic (exact) mass is 502 g/mol. The zero-order chi connectivity index (χ0) is 26.6. The number of carbonyl (C=O) groups is 3. The van der Waals surface area contributed by atoms with Crippen LogP contribution < -0.4 is 15.8 Å². The largest absolute Gasteiger partial charge is 0.481 e.